The molecule has 1 N–H and O–H groups in total. The number of hydrogen-bond acceptors (Lipinski definition) is 4. The van der Waals surface area contributed by atoms with Crippen molar-refractivity contribution in [1.29, 1.82) is 0 Å². The van der Waals surface area contributed by atoms with Crippen LogP contribution >= 0.6 is 23.2 Å². The van der Waals surface area contributed by atoms with Gasteiger partial charge in [0.25, 0.3) is 0 Å². The normalized spacial score (nSPS) is 12.3. The van der Waals surface area contributed by atoms with Gasteiger partial charge in [-0.05, 0) is 49.7 Å². The van der Waals surface area contributed by atoms with Crippen molar-refractivity contribution in [3.05, 3.63) is 63.9 Å². The minimum Gasteiger partial charge on any atom is -0.354 e. The summed E-state index contributed by atoms with van der Waals surface area (Å²) in [6.45, 7) is 3.21. The van der Waals surface area contributed by atoms with Crippen molar-refractivity contribution < 1.29 is 22.4 Å². The molecule has 0 spiro atoms. The van der Waals surface area contributed by atoms with E-state index in [1.165, 1.54) is 31.1 Å². The third kappa shape index (κ3) is 7.55. The van der Waals surface area contributed by atoms with E-state index < -0.39 is 40.4 Å². The molecule has 0 unspecified atom stereocenters. The lowest BCUT2D eigenvalue weighted by Crippen LogP contribution is -2.52. The summed E-state index contributed by atoms with van der Waals surface area (Å²) in [6.07, 6.45) is 1.64. The second kappa shape index (κ2) is 13.2. The van der Waals surface area contributed by atoms with Crippen LogP contribution in [-0.4, -0.2) is 62.7 Å². The van der Waals surface area contributed by atoms with Gasteiger partial charge in [-0.15, -0.1) is 0 Å². The standard InChI is InChI=1S/C24H31Cl2FN4O4S/c1-5-6-14-28-24(33)17(2)30(15-20-21(25)8-7-9-22(20)26)23(32)16-31(36(34,35)29(3)4)19-12-10-18(27)11-13-19/h7-13,17H,5-6,14-16H2,1-4H3,(H,28,33)/t17-/m0/s1. The number of carbonyl (C=O) groups excluding carboxylic acids is 2. The second-order valence-corrected chi connectivity index (χ2v) is 11.2. The third-order valence-corrected chi connectivity index (χ3v) is 8.05. The van der Waals surface area contributed by atoms with Crippen molar-refractivity contribution in [3.8, 4) is 0 Å². The van der Waals surface area contributed by atoms with E-state index in [1.807, 2.05) is 6.92 Å². The molecule has 0 aliphatic carbocycles. The Labute approximate surface area is 222 Å². The summed E-state index contributed by atoms with van der Waals surface area (Å²) in [5, 5.41) is 3.40. The lowest BCUT2D eigenvalue weighted by Gasteiger charge is -2.33. The molecule has 1 atom stereocenters. The monoisotopic (exact) mass is 560 g/mol. The molecule has 2 aromatic carbocycles. The Hall–Kier alpha value is -2.40. The average Bonchev–Trinajstić information content (AvgIpc) is 2.82. The Morgan fingerprint density at radius 3 is 2.17 bits per heavy atom. The number of amides is 2. The fourth-order valence-electron chi connectivity index (χ4n) is 3.30. The van der Waals surface area contributed by atoms with Gasteiger partial charge in [0, 0.05) is 42.8 Å². The van der Waals surface area contributed by atoms with Crippen molar-refractivity contribution in [2.75, 3.05) is 31.5 Å². The van der Waals surface area contributed by atoms with E-state index in [1.54, 1.807) is 25.1 Å². The van der Waals surface area contributed by atoms with Gasteiger partial charge >= 0.3 is 10.2 Å². The lowest BCUT2D eigenvalue weighted by molar-refractivity contribution is -0.139. The summed E-state index contributed by atoms with van der Waals surface area (Å²) < 4.78 is 41.5. The molecular formula is C24H31Cl2FN4O4S. The number of rotatable bonds is 12. The summed E-state index contributed by atoms with van der Waals surface area (Å²) in [5.74, 6) is -1.62. The van der Waals surface area contributed by atoms with Crippen molar-refractivity contribution in [3.63, 3.8) is 0 Å². The summed E-state index contributed by atoms with van der Waals surface area (Å²) in [7, 11) is -1.50. The first-order valence-electron chi connectivity index (χ1n) is 11.4. The number of nitrogens with one attached hydrogen (secondary N) is 1. The Morgan fingerprint density at radius 1 is 1.06 bits per heavy atom. The van der Waals surface area contributed by atoms with Gasteiger partial charge in [0.1, 0.15) is 18.4 Å². The number of unbranched alkanes of at least 4 members (excludes halogenated alkanes) is 1. The van der Waals surface area contributed by atoms with E-state index in [0.29, 0.717) is 22.2 Å². The van der Waals surface area contributed by atoms with Crippen LogP contribution < -0.4 is 9.62 Å². The summed E-state index contributed by atoms with van der Waals surface area (Å²) >= 11 is 12.6. The second-order valence-electron chi connectivity index (χ2n) is 8.32. The first-order chi connectivity index (χ1) is 16.9. The number of carbonyl (C=O) groups is 2. The van der Waals surface area contributed by atoms with E-state index in [0.717, 1.165) is 33.6 Å². The highest BCUT2D eigenvalue weighted by Crippen LogP contribution is 2.27. The SMILES string of the molecule is CCCCNC(=O)[C@H](C)N(Cc1c(Cl)cccc1Cl)C(=O)CN(c1ccc(F)cc1)S(=O)(=O)N(C)C. The van der Waals surface area contributed by atoms with Crippen molar-refractivity contribution >= 4 is 50.9 Å². The number of hydrogen-bond donors (Lipinski definition) is 1. The maximum Gasteiger partial charge on any atom is 0.304 e. The minimum atomic E-state index is -4.14. The van der Waals surface area contributed by atoms with Gasteiger partial charge < -0.3 is 10.2 Å². The number of anilines is 1. The maximum atomic E-state index is 13.6. The molecule has 2 aromatic rings. The largest absolute Gasteiger partial charge is 0.354 e. The van der Waals surface area contributed by atoms with E-state index in [-0.39, 0.29) is 12.2 Å². The molecule has 198 valence electrons. The highest BCUT2D eigenvalue weighted by molar-refractivity contribution is 7.90. The van der Waals surface area contributed by atoms with Gasteiger partial charge in [-0.1, -0.05) is 42.6 Å². The van der Waals surface area contributed by atoms with Gasteiger partial charge in [-0.2, -0.15) is 12.7 Å². The molecule has 2 rings (SSSR count). The van der Waals surface area contributed by atoms with Crippen LogP contribution in [0.3, 0.4) is 0 Å². The molecule has 0 aliphatic rings. The van der Waals surface area contributed by atoms with Crippen LogP contribution in [0.5, 0.6) is 0 Å². The quantitative estimate of drug-likeness (QED) is 0.396. The number of nitrogens with zero attached hydrogens (tertiary/aromatic N) is 3. The average molecular weight is 562 g/mol. The first kappa shape index (κ1) is 29.8. The molecular weight excluding hydrogens is 530 g/mol. The van der Waals surface area contributed by atoms with E-state index in [2.05, 4.69) is 5.32 Å². The smallest absolute Gasteiger partial charge is 0.304 e. The Balaban J connectivity index is 2.46. The number of benzene rings is 2. The predicted octanol–water partition coefficient (Wildman–Crippen LogP) is 4.08. The Kier molecular flexibility index (Phi) is 11.0. The topological polar surface area (TPSA) is 90.0 Å². The summed E-state index contributed by atoms with van der Waals surface area (Å²) in [4.78, 5) is 27.7. The van der Waals surface area contributed by atoms with Crippen LogP contribution in [0.1, 0.15) is 32.3 Å². The molecule has 0 heterocycles. The van der Waals surface area contributed by atoms with E-state index in [9.17, 15) is 22.4 Å². The lowest BCUT2D eigenvalue weighted by atomic mass is 10.1. The highest BCUT2D eigenvalue weighted by Gasteiger charge is 2.33. The van der Waals surface area contributed by atoms with Gasteiger partial charge in [0.2, 0.25) is 11.8 Å². The van der Waals surface area contributed by atoms with Crippen molar-refractivity contribution in [2.45, 2.75) is 39.3 Å². The van der Waals surface area contributed by atoms with E-state index in [4.69, 9.17) is 23.2 Å². The molecule has 12 heteroatoms. The summed E-state index contributed by atoms with van der Waals surface area (Å²) in [5.41, 5.74) is 0.514. The van der Waals surface area contributed by atoms with Crippen molar-refractivity contribution in [2.24, 2.45) is 0 Å². The molecule has 0 bridgehead atoms. The minimum absolute atomic E-state index is 0.0919. The molecule has 0 fully saturated rings. The zero-order chi connectivity index (χ0) is 27.0. The van der Waals surface area contributed by atoms with Gasteiger partial charge in [-0.3, -0.25) is 9.59 Å². The summed E-state index contributed by atoms with van der Waals surface area (Å²) in [6, 6.07) is 8.64. The van der Waals surface area contributed by atoms with Crippen LogP contribution in [-0.2, 0) is 26.3 Å². The molecule has 0 aliphatic heterocycles. The number of halogens is 3. The van der Waals surface area contributed by atoms with Gasteiger partial charge in [-0.25, -0.2) is 8.70 Å². The third-order valence-electron chi connectivity index (χ3n) is 5.52. The zero-order valence-corrected chi connectivity index (χ0v) is 23.0. The first-order valence-corrected chi connectivity index (χ1v) is 13.5. The molecule has 0 radical (unpaired) electrons. The molecule has 36 heavy (non-hydrogen) atoms. The van der Waals surface area contributed by atoms with Crippen LogP contribution in [0.15, 0.2) is 42.5 Å². The fraction of sp³-hybridized carbons (Fsp3) is 0.417. The van der Waals surface area contributed by atoms with Crippen molar-refractivity contribution in [1.82, 2.24) is 14.5 Å². The Bertz CT molecular complexity index is 1140. The predicted molar refractivity (Wildman–Crippen MR) is 141 cm³/mol. The van der Waals surface area contributed by atoms with Crippen LogP contribution in [0.25, 0.3) is 0 Å². The molecule has 2 amide bonds. The molecule has 0 saturated heterocycles. The molecule has 0 aromatic heterocycles. The van der Waals surface area contributed by atoms with E-state index >= 15 is 0 Å². The van der Waals surface area contributed by atoms with Crippen LogP contribution in [0, 0.1) is 5.82 Å². The highest BCUT2D eigenvalue weighted by atomic mass is 35.5. The zero-order valence-electron chi connectivity index (χ0n) is 20.7. The van der Waals surface area contributed by atoms with Gasteiger partial charge in [0.15, 0.2) is 0 Å². The molecule has 0 saturated carbocycles. The van der Waals surface area contributed by atoms with Crippen LogP contribution in [0.4, 0.5) is 10.1 Å². The van der Waals surface area contributed by atoms with Gasteiger partial charge in [0.05, 0.1) is 5.69 Å². The van der Waals surface area contributed by atoms with Crippen LogP contribution in [0.2, 0.25) is 10.0 Å². The maximum absolute atomic E-state index is 13.6. The Morgan fingerprint density at radius 2 is 1.64 bits per heavy atom. The molecule has 8 nitrogen and oxygen atoms in total. The fourth-order valence-corrected chi connectivity index (χ4v) is 4.87.